The highest BCUT2D eigenvalue weighted by Crippen LogP contribution is 2.14. The SMILES string of the molecule is Cc1ccc(CC(=O)Nc2nnc(C)s2)cc1. The number of anilines is 1. The van der Waals surface area contributed by atoms with E-state index in [0.29, 0.717) is 11.6 Å². The molecule has 0 spiro atoms. The minimum Gasteiger partial charge on any atom is -0.300 e. The van der Waals surface area contributed by atoms with Crippen molar-refractivity contribution in [3.8, 4) is 0 Å². The maximum Gasteiger partial charge on any atom is 0.230 e. The normalized spacial score (nSPS) is 10.2. The summed E-state index contributed by atoms with van der Waals surface area (Å²) in [6.07, 6.45) is 0.360. The average Bonchev–Trinajstić information content (AvgIpc) is 2.67. The molecule has 0 unspecified atom stereocenters. The fourth-order valence-electron chi connectivity index (χ4n) is 1.40. The van der Waals surface area contributed by atoms with Crippen molar-refractivity contribution in [2.24, 2.45) is 0 Å². The highest BCUT2D eigenvalue weighted by molar-refractivity contribution is 7.15. The third kappa shape index (κ3) is 3.35. The Balaban J connectivity index is 1.95. The van der Waals surface area contributed by atoms with Crippen LogP contribution in [0.1, 0.15) is 16.1 Å². The second-order valence-electron chi connectivity index (χ2n) is 3.84. The quantitative estimate of drug-likeness (QED) is 0.905. The molecule has 2 rings (SSSR count). The first kappa shape index (κ1) is 11.7. The van der Waals surface area contributed by atoms with Gasteiger partial charge in [-0.3, -0.25) is 4.79 Å². The lowest BCUT2D eigenvalue weighted by molar-refractivity contribution is -0.115. The van der Waals surface area contributed by atoms with Crippen LogP contribution in [-0.4, -0.2) is 16.1 Å². The second-order valence-corrected chi connectivity index (χ2v) is 5.02. The van der Waals surface area contributed by atoms with Crippen LogP contribution in [0.2, 0.25) is 0 Å². The van der Waals surface area contributed by atoms with E-state index < -0.39 is 0 Å². The van der Waals surface area contributed by atoms with Gasteiger partial charge >= 0.3 is 0 Å². The van der Waals surface area contributed by atoms with E-state index in [2.05, 4.69) is 15.5 Å². The largest absolute Gasteiger partial charge is 0.300 e. The topological polar surface area (TPSA) is 54.9 Å². The van der Waals surface area contributed by atoms with Gasteiger partial charge < -0.3 is 5.32 Å². The van der Waals surface area contributed by atoms with Crippen molar-refractivity contribution in [3.63, 3.8) is 0 Å². The van der Waals surface area contributed by atoms with Gasteiger partial charge in [0.05, 0.1) is 6.42 Å². The van der Waals surface area contributed by atoms with Crippen LogP contribution in [0.25, 0.3) is 0 Å². The molecule has 1 N–H and O–H groups in total. The molecule has 0 atom stereocenters. The van der Waals surface area contributed by atoms with E-state index in [-0.39, 0.29) is 5.91 Å². The number of aryl methyl sites for hydroxylation is 2. The molecule has 5 heteroatoms. The molecule has 0 saturated carbocycles. The third-order valence-electron chi connectivity index (χ3n) is 2.26. The number of hydrogen-bond acceptors (Lipinski definition) is 4. The minimum atomic E-state index is -0.0648. The van der Waals surface area contributed by atoms with Gasteiger partial charge in [-0.25, -0.2) is 0 Å². The third-order valence-corrected chi connectivity index (χ3v) is 3.01. The van der Waals surface area contributed by atoms with Gasteiger partial charge in [0.1, 0.15) is 5.01 Å². The Morgan fingerprint density at radius 1 is 1.24 bits per heavy atom. The predicted molar refractivity (Wildman–Crippen MR) is 68.2 cm³/mol. The summed E-state index contributed by atoms with van der Waals surface area (Å²) in [7, 11) is 0. The van der Waals surface area contributed by atoms with Crippen LogP contribution in [0, 0.1) is 13.8 Å². The number of nitrogens with one attached hydrogen (secondary N) is 1. The van der Waals surface area contributed by atoms with E-state index in [9.17, 15) is 4.79 Å². The van der Waals surface area contributed by atoms with Crippen LogP contribution in [-0.2, 0) is 11.2 Å². The lowest BCUT2D eigenvalue weighted by Crippen LogP contribution is -2.14. The first-order valence-electron chi connectivity index (χ1n) is 5.29. The van der Waals surface area contributed by atoms with Crippen molar-refractivity contribution in [3.05, 3.63) is 40.4 Å². The summed E-state index contributed by atoms with van der Waals surface area (Å²) in [6.45, 7) is 3.88. The molecule has 17 heavy (non-hydrogen) atoms. The minimum absolute atomic E-state index is 0.0648. The zero-order valence-electron chi connectivity index (χ0n) is 9.73. The van der Waals surface area contributed by atoms with E-state index in [1.807, 2.05) is 38.1 Å². The molecule has 0 aliphatic carbocycles. The number of rotatable bonds is 3. The first-order valence-corrected chi connectivity index (χ1v) is 6.10. The fourth-order valence-corrected chi connectivity index (χ4v) is 2.01. The Hall–Kier alpha value is -1.75. The monoisotopic (exact) mass is 247 g/mol. The number of aromatic nitrogens is 2. The Kier molecular flexibility index (Phi) is 3.49. The summed E-state index contributed by atoms with van der Waals surface area (Å²) >= 11 is 1.37. The van der Waals surface area contributed by atoms with Crippen LogP contribution in [0.5, 0.6) is 0 Å². The van der Waals surface area contributed by atoms with Crippen LogP contribution >= 0.6 is 11.3 Å². The van der Waals surface area contributed by atoms with Gasteiger partial charge in [-0.15, -0.1) is 10.2 Å². The number of nitrogens with zero attached hydrogens (tertiary/aromatic N) is 2. The van der Waals surface area contributed by atoms with E-state index in [4.69, 9.17) is 0 Å². The number of benzene rings is 1. The Morgan fingerprint density at radius 3 is 2.53 bits per heavy atom. The highest BCUT2D eigenvalue weighted by Gasteiger charge is 2.07. The van der Waals surface area contributed by atoms with E-state index >= 15 is 0 Å². The Bertz CT molecular complexity index is 519. The van der Waals surface area contributed by atoms with Crippen LogP contribution in [0.15, 0.2) is 24.3 Å². The smallest absolute Gasteiger partial charge is 0.230 e. The standard InChI is InChI=1S/C12H13N3OS/c1-8-3-5-10(6-4-8)7-11(16)13-12-15-14-9(2)17-12/h3-6H,7H2,1-2H3,(H,13,15,16). The lowest BCUT2D eigenvalue weighted by atomic mass is 10.1. The molecule has 0 saturated heterocycles. The summed E-state index contributed by atoms with van der Waals surface area (Å²) in [5.41, 5.74) is 2.18. The van der Waals surface area contributed by atoms with Crippen molar-refractivity contribution < 1.29 is 4.79 Å². The first-order chi connectivity index (χ1) is 8.13. The van der Waals surface area contributed by atoms with Gasteiger partial charge in [0, 0.05) is 0 Å². The van der Waals surface area contributed by atoms with E-state index in [1.54, 1.807) is 0 Å². The average molecular weight is 247 g/mol. The van der Waals surface area contributed by atoms with Crippen molar-refractivity contribution in [1.29, 1.82) is 0 Å². The number of carbonyl (C=O) groups is 1. The van der Waals surface area contributed by atoms with Gasteiger partial charge in [0.25, 0.3) is 0 Å². The zero-order chi connectivity index (χ0) is 12.3. The zero-order valence-corrected chi connectivity index (χ0v) is 10.5. The molecule has 1 amide bonds. The Morgan fingerprint density at radius 2 is 1.94 bits per heavy atom. The molecule has 4 nitrogen and oxygen atoms in total. The summed E-state index contributed by atoms with van der Waals surface area (Å²) in [4.78, 5) is 11.7. The van der Waals surface area contributed by atoms with Gasteiger partial charge in [-0.05, 0) is 19.4 Å². The highest BCUT2D eigenvalue weighted by atomic mass is 32.1. The molecule has 0 radical (unpaired) electrons. The van der Waals surface area contributed by atoms with Crippen molar-refractivity contribution >= 4 is 22.4 Å². The maximum absolute atomic E-state index is 11.7. The molecule has 1 heterocycles. The van der Waals surface area contributed by atoms with Gasteiger partial charge in [-0.2, -0.15) is 0 Å². The van der Waals surface area contributed by atoms with Gasteiger partial charge in [-0.1, -0.05) is 41.2 Å². The van der Waals surface area contributed by atoms with E-state index in [0.717, 1.165) is 10.6 Å². The molecule has 0 aliphatic heterocycles. The predicted octanol–water partition coefficient (Wildman–Crippen LogP) is 2.34. The van der Waals surface area contributed by atoms with Crippen LogP contribution in [0.3, 0.4) is 0 Å². The molecular weight excluding hydrogens is 234 g/mol. The number of carbonyl (C=O) groups excluding carboxylic acids is 1. The molecule has 1 aromatic carbocycles. The molecule has 2 aromatic rings. The summed E-state index contributed by atoms with van der Waals surface area (Å²) in [5, 5.41) is 11.8. The van der Waals surface area contributed by atoms with Crippen molar-refractivity contribution in [2.75, 3.05) is 5.32 Å². The molecule has 0 fully saturated rings. The molecule has 0 bridgehead atoms. The second kappa shape index (κ2) is 5.05. The maximum atomic E-state index is 11.7. The molecule has 1 aromatic heterocycles. The lowest BCUT2D eigenvalue weighted by Gasteiger charge is -2.01. The number of hydrogen-bond donors (Lipinski definition) is 1. The number of amides is 1. The van der Waals surface area contributed by atoms with Crippen molar-refractivity contribution in [1.82, 2.24) is 10.2 Å². The van der Waals surface area contributed by atoms with Crippen LogP contribution < -0.4 is 5.32 Å². The van der Waals surface area contributed by atoms with E-state index in [1.165, 1.54) is 16.9 Å². The molecular formula is C12H13N3OS. The Labute approximate surface area is 104 Å². The van der Waals surface area contributed by atoms with Gasteiger partial charge in [0.2, 0.25) is 11.0 Å². The molecule has 88 valence electrons. The van der Waals surface area contributed by atoms with Gasteiger partial charge in [0.15, 0.2) is 0 Å². The fraction of sp³-hybridized carbons (Fsp3) is 0.250. The molecule has 0 aliphatic rings. The summed E-state index contributed by atoms with van der Waals surface area (Å²) in [6, 6.07) is 7.91. The van der Waals surface area contributed by atoms with Crippen molar-refractivity contribution in [2.45, 2.75) is 20.3 Å². The summed E-state index contributed by atoms with van der Waals surface area (Å²) < 4.78 is 0. The summed E-state index contributed by atoms with van der Waals surface area (Å²) in [5.74, 6) is -0.0648. The van der Waals surface area contributed by atoms with Crippen LogP contribution in [0.4, 0.5) is 5.13 Å².